The summed E-state index contributed by atoms with van der Waals surface area (Å²) in [4.78, 5) is 0. The van der Waals surface area contributed by atoms with E-state index < -0.39 is 0 Å². The van der Waals surface area contributed by atoms with Crippen LogP contribution in [0.4, 0.5) is 0 Å². The molecule has 1 aliphatic rings. The van der Waals surface area contributed by atoms with Gasteiger partial charge in [-0.1, -0.05) is 41.5 Å². The molecular weight excluding hydrogens is 196 g/mol. The van der Waals surface area contributed by atoms with Gasteiger partial charge in [-0.2, -0.15) is 0 Å². The highest BCUT2D eigenvalue weighted by Gasteiger charge is 2.16. The average molecular weight is 216 g/mol. The van der Waals surface area contributed by atoms with Crippen molar-refractivity contribution in [1.82, 2.24) is 5.43 Å². The summed E-state index contributed by atoms with van der Waals surface area (Å²) in [6.45, 7) is 2.12. The van der Waals surface area contributed by atoms with Gasteiger partial charge < -0.3 is 0 Å². The van der Waals surface area contributed by atoms with Crippen molar-refractivity contribution in [3.05, 3.63) is 47.0 Å². The topological polar surface area (TPSA) is 38.0 Å². The number of hydrazine groups is 1. The lowest BCUT2D eigenvalue weighted by atomic mass is 9.90. The maximum absolute atomic E-state index is 5.69. The molecule has 16 heavy (non-hydrogen) atoms. The van der Waals surface area contributed by atoms with Gasteiger partial charge in [-0.15, -0.1) is 0 Å². The van der Waals surface area contributed by atoms with E-state index in [0.717, 1.165) is 0 Å². The molecule has 0 spiro atoms. The van der Waals surface area contributed by atoms with Crippen LogP contribution in [0.3, 0.4) is 0 Å². The van der Waals surface area contributed by atoms with Gasteiger partial charge in [0.05, 0.1) is 6.04 Å². The van der Waals surface area contributed by atoms with Crippen molar-refractivity contribution in [1.29, 1.82) is 0 Å². The summed E-state index contributed by atoms with van der Waals surface area (Å²) < 4.78 is 0. The summed E-state index contributed by atoms with van der Waals surface area (Å²) >= 11 is 0. The Morgan fingerprint density at radius 3 is 2.81 bits per heavy atom. The monoisotopic (exact) mass is 216 g/mol. The molecule has 2 rings (SSSR count). The van der Waals surface area contributed by atoms with Crippen LogP contribution in [0.25, 0.3) is 0 Å². The first-order valence-electron chi connectivity index (χ1n) is 6.03. The number of nitrogens with one attached hydrogen (secondary N) is 1. The predicted octanol–water partition coefficient (Wildman–Crippen LogP) is 3.00. The Hall–Kier alpha value is -1.12. The van der Waals surface area contributed by atoms with Crippen LogP contribution in [0.1, 0.15) is 42.9 Å². The van der Waals surface area contributed by atoms with Gasteiger partial charge in [0.15, 0.2) is 0 Å². The first-order valence-corrected chi connectivity index (χ1v) is 6.03. The van der Waals surface area contributed by atoms with Gasteiger partial charge >= 0.3 is 0 Å². The number of hydrogen-bond acceptors (Lipinski definition) is 2. The minimum atomic E-state index is 0.195. The Morgan fingerprint density at radius 1 is 1.31 bits per heavy atom. The molecule has 0 amide bonds. The fourth-order valence-corrected chi connectivity index (χ4v) is 2.39. The maximum Gasteiger partial charge on any atom is 0.0670 e. The van der Waals surface area contributed by atoms with Crippen molar-refractivity contribution < 1.29 is 0 Å². The molecule has 0 saturated carbocycles. The molecule has 3 N–H and O–H groups in total. The molecular formula is C14H20N2. The SMILES string of the molecule is Cc1cccc(C(NN)C2=CCCCC2)c1. The number of hydrogen-bond donors (Lipinski definition) is 2. The molecule has 0 heterocycles. The first-order chi connectivity index (χ1) is 7.81. The van der Waals surface area contributed by atoms with E-state index in [1.165, 1.54) is 42.4 Å². The number of aryl methyl sites for hydroxylation is 1. The molecule has 1 atom stereocenters. The van der Waals surface area contributed by atoms with Gasteiger partial charge in [-0.25, -0.2) is 5.43 Å². The van der Waals surface area contributed by atoms with Crippen molar-refractivity contribution in [3.63, 3.8) is 0 Å². The normalized spacial score (nSPS) is 18.0. The Labute approximate surface area is 97.5 Å². The lowest BCUT2D eigenvalue weighted by Gasteiger charge is -2.23. The smallest absolute Gasteiger partial charge is 0.0670 e. The van der Waals surface area contributed by atoms with Crippen molar-refractivity contribution >= 4 is 0 Å². The minimum Gasteiger partial charge on any atom is -0.271 e. The number of rotatable bonds is 3. The van der Waals surface area contributed by atoms with Gasteiger partial charge in [0.1, 0.15) is 0 Å². The lowest BCUT2D eigenvalue weighted by Crippen LogP contribution is -2.30. The number of nitrogens with two attached hydrogens (primary N) is 1. The molecule has 1 unspecified atom stereocenters. The van der Waals surface area contributed by atoms with E-state index in [0.29, 0.717) is 0 Å². The summed E-state index contributed by atoms with van der Waals surface area (Å²) in [6, 6.07) is 8.76. The molecule has 1 aromatic carbocycles. The number of allylic oxidation sites excluding steroid dienone is 1. The van der Waals surface area contributed by atoms with Crippen molar-refractivity contribution in [2.24, 2.45) is 5.84 Å². The summed E-state index contributed by atoms with van der Waals surface area (Å²) in [5, 5.41) is 0. The average Bonchev–Trinajstić information content (AvgIpc) is 2.31. The molecule has 0 saturated heterocycles. The molecule has 0 aliphatic heterocycles. The van der Waals surface area contributed by atoms with Crippen LogP contribution in [0.15, 0.2) is 35.9 Å². The van der Waals surface area contributed by atoms with E-state index >= 15 is 0 Å². The summed E-state index contributed by atoms with van der Waals surface area (Å²) in [5.41, 5.74) is 6.95. The molecule has 2 heteroatoms. The molecule has 2 nitrogen and oxygen atoms in total. The second-order valence-electron chi connectivity index (χ2n) is 4.54. The van der Waals surface area contributed by atoms with Crippen LogP contribution >= 0.6 is 0 Å². The fourth-order valence-electron chi connectivity index (χ4n) is 2.39. The molecule has 86 valence electrons. The van der Waals surface area contributed by atoms with Crippen molar-refractivity contribution in [2.45, 2.75) is 38.6 Å². The van der Waals surface area contributed by atoms with E-state index in [1.54, 1.807) is 0 Å². The van der Waals surface area contributed by atoms with Gasteiger partial charge in [0.25, 0.3) is 0 Å². The number of benzene rings is 1. The lowest BCUT2D eigenvalue weighted by molar-refractivity contribution is 0.565. The maximum atomic E-state index is 5.69. The molecule has 0 aromatic heterocycles. The standard InChI is InChI=1S/C14H20N2/c1-11-6-5-9-13(10-11)14(16-15)12-7-3-2-4-8-12/h5-7,9-10,14,16H,2-4,8,15H2,1H3. The van der Waals surface area contributed by atoms with Crippen LogP contribution in [0, 0.1) is 6.92 Å². The highest BCUT2D eigenvalue weighted by molar-refractivity contribution is 5.31. The Morgan fingerprint density at radius 2 is 2.19 bits per heavy atom. The van der Waals surface area contributed by atoms with Crippen LogP contribution in [0.2, 0.25) is 0 Å². The van der Waals surface area contributed by atoms with Crippen LogP contribution in [-0.4, -0.2) is 0 Å². The van der Waals surface area contributed by atoms with Crippen molar-refractivity contribution in [2.75, 3.05) is 0 Å². The van der Waals surface area contributed by atoms with E-state index in [-0.39, 0.29) is 6.04 Å². The minimum absolute atomic E-state index is 0.195. The van der Waals surface area contributed by atoms with E-state index in [4.69, 9.17) is 5.84 Å². The third-order valence-electron chi connectivity index (χ3n) is 3.24. The van der Waals surface area contributed by atoms with Crippen molar-refractivity contribution in [3.8, 4) is 0 Å². The van der Waals surface area contributed by atoms with Crippen LogP contribution < -0.4 is 11.3 Å². The van der Waals surface area contributed by atoms with E-state index in [9.17, 15) is 0 Å². The molecule has 1 aromatic rings. The summed E-state index contributed by atoms with van der Waals surface area (Å²) in [5.74, 6) is 5.69. The zero-order valence-electron chi connectivity index (χ0n) is 9.87. The molecule has 0 bridgehead atoms. The van der Waals surface area contributed by atoms with Crippen LogP contribution in [-0.2, 0) is 0 Å². The third-order valence-corrected chi connectivity index (χ3v) is 3.24. The molecule has 0 fully saturated rings. The molecule has 1 aliphatic carbocycles. The second-order valence-corrected chi connectivity index (χ2v) is 4.54. The zero-order valence-corrected chi connectivity index (χ0v) is 9.87. The van der Waals surface area contributed by atoms with Gasteiger partial charge in [-0.05, 0) is 38.2 Å². The fraction of sp³-hybridized carbons (Fsp3) is 0.429. The zero-order chi connectivity index (χ0) is 11.4. The van der Waals surface area contributed by atoms with Crippen LogP contribution in [0.5, 0.6) is 0 Å². The van der Waals surface area contributed by atoms with Gasteiger partial charge in [0, 0.05) is 0 Å². The van der Waals surface area contributed by atoms with Gasteiger partial charge in [0.2, 0.25) is 0 Å². The highest BCUT2D eigenvalue weighted by Crippen LogP contribution is 2.29. The predicted molar refractivity (Wildman–Crippen MR) is 67.8 cm³/mol. The highest BCUT2D eigenvalue weighted by atomic mass is 15.2. The Balaban J connectivity index is 2.25. The van der Waals surface area contributed by atoms with Gasteiger partial charge in [-0.3, -0.25) is 5.84 Å². The van der Waals surface area contributed by atoms with E-state index in [1.807, 2.05) is 0 Å². The Bertz CT molecular complexity index is 382. The third kappa shape index (κ3) is 2.52. The molecule has 0 radical (unpaired) electrons. The summed E-state index contributed by atoms with van der Waals surface area (Å²) in [6.07, 6.45) is 7.31. The summed E-state index contributed by atoms with van der Waals surface area (Å²) in [7, 11) is 0. The quantitative estimate of drug-likeness (QED) is 0.463. The van der Waals surface area contributed by atoms with E-state index in [2.05, 4.69) is 42.7 Å². The second kappa shape index (κ2) is 5.28. The first kappa shape index (κ1) is 11.4. The largest absolute Gasteiger partial charge is 0.271 e. The Kier molecular flexibility index (Phi) is 3.75.